The van der Waals surface area contributed by atoms with Crippen molar-refractivity contribution in [3.05, 3.63) is 0 Å². The molecule has 0 bridgehead atoms. The van der Waals surface area contributed by atoms with Crippen LogP contribution in [0.5, 0.6) is 0 Å². The van der Waals surface area contributed by atoms with Crippen molar-refractivity contribution in [2.45, 2.75) is 52.7 Å². The quantitative estimate of drug-likeness (QED) is 0.682. The Balaban J connectivity index is 2.10. The smallest absolute Gasteiger partial charge is 0.149 e. The molecular weight excluding hydrogens is 240 g/mol. The number of rotatable bonds is 8. The Morgan fingerprint density at radius 2 is 1.89 bits per heavy atom. The fraction of sp³-hybridized carbons (Fsp3) is 0.933. The predicted molar refractivity (Wildman–Crippen MR) is 78.4 cm³/mol. The number of Topliss-reactive ketones (excluding diaryl/α,β-unsaturated/α-hetero) is 1. The van der Waals surface area contributed by atoms with Crippen molar-refractivity contribution in [2.24, 2.45) is 5.92 Å². The molecule has 0 aliphatic carbocycles. The van der Waals surface area contributed by atoms with Crippen molar-refractivity contribution < 1.29 is 9.53 Å². The Bertz CT molecular complexity index is 259. The molecule has 1 rings (SSSR count). The van der Waals surface area contributed by atoms with Gasteiger partial charge in [0.2, 0.25) is 0 Å². The summed E-state index contributed by atoms with van der Waals surface area (Å²) in [5.41, 5.74) is 0. The summed E-state index contributed by atoms with van der Waals surface area (Å²) in [6.07, 6.45) is 2.47. The highest BCUT2D eigenvalue weighted by Gasteiger charge is 2.21. The number of hydrogen-bond donors (Lipinski definition) is 1. The first-order chi connectivity index (χ1) is 8.99. The van der Waals surface area contributed by atoms with Crippen LogP contribution in [0, 0.1) is 5.92 Å². The van der Waals surface area contributed by atoms with Gasteiger partial charge in [-0.15, -0.1) is 0 Å². The van der Waals surface area contributed by atoms with Gasteiger partial charge in [0.1, 0.15) is 5.78 Å². The van der Waals surface area contributed by atoms with Gasteiger partial charge in [-0.3, -0.25) is 9.69 Å². The summed E-state index contributed by atoms with van der Waals surface area (Å²) in [4.78, 5) is 13.9. The van der Waals surface area contributed by atoms with Crippen molar-refractivity contribution in [1.82, 2.24) is 10.2 Å². The maximum Gasteiger partial charge on any atom is 0.149 e. The number of hydrogen-bond acceptors (Lipinski definition) is 4. The van der Waals surface area contributed by atoms with Gasteiger partial charge in [0.05, 0.1) is 19.3 Å². The Labute approximate surface area is 117 Å². The molecule has 0 radical (unpaired) electrons. The first-order valence-corrected chi connectivity index (χ1v) is 7.59. The number of piperidine rings is 1. The van der Waals surface area contributed by atoms with E-state index >= 15 is 0 Å². The standard InChI is InChI=1S/C15H30N2O2/c1-12(2)15(18)11-17-8-5-14(6-9-17)19-10-7-16-13(3)4/h12-14,16H,5-11H2,1-4H3. The topological polar surface area (TPSA) is 41.6 Å². The van der Waals surface area contributed by atoms with Crippen LogP contribution in [-0.2, 0) is 9.53 Å². The van der Waals surface area contributed by atoms with Gasteiger partial charge in [0.15, 0.2) is 0 Å². The molecule has 0 aromatic carbocycles. The van der Waals surface area contributed by atoms with Crippen molar-refractivity contribution >= 4 is 5.78 Å². The Morgan fingerprint density at radius 3 is 2.42 bits per heavy atom. The van der Waals surface area contributed by atoms with Crippen molar-refractivity contribution in [3.8, 4) is 0 Å². The van der Waals surface area contributed by atoms with E-state index in [1.54, 1.807) is 0 Å². The second-order valence-electron chi connectivity index (χ2n) is 6.08. The van der Waals surface area contributed by atoms with Crippen LogP contribution in [0.1, 0.15) is 40.5 Å². The molecule has 0 saturated carbocycles. The SMILES string of the molecule is CC(C)NCCOC1CCN(CC(=O)C(C)C)CC1. The summed E-state index contributed by atoms with van der Waals surface area (Å²) >= 11 is 0. The lowest BCUT2D eigenvalue weighted by atomic mass is 10.0. The number of ketones is 1. The van der Waals surface area contributed by atoms with E-state index in [9.17, 15) is 4.79 Å². The molecule has 1 N–H and O–H groups in total. The maximum atomic E-state index is 11.7. The highest BCUT2D eigenvalue weighted by atomic mass is 16.5. The van der Waals surface area contributed by atoms with Crippen LogP contribution in [-0.4, -0.2) is 55.6 Å². The zero-order chi connectivity index (χ0) is 14.3. The number of ether oxygens (including phenoxy) is 1. The molecule has 1 heterocycles. The minimum atomic E-state index is 0.149. The first kappa shape index (κ1) is 16.6. The molecule has 1 saturated heterocycles. The number of nitrogens with one attached hydrogen (secondary N) is 1. The van der Waals surface area contributed by atoms with Crippen LogP contribution in [0.25, 0.3) is 0 Å². The zero-order valence-corrected chi connectivity index (χ0v) is 12.9. The Hall–Kier alpha value is -0.450. The Morgan fingerprint density at radius 1 is 1.26 bits per heavy atom. The van der Waals surface area contributed by atoms with Crippen LogP contribution in [0.3, 0.4) is 0 Å². The third kappa shape index (κ3) is 7.04. The summed E-state index contributed by atoms with van der Waals surface area (Å²) in [6, 6.07) is 0.521. The molecule has 19 heavy (non-hydrogen) atoms. The normalized spacial score (nSPS) is 18.4. The van der Waals surface area contributed by atoms with E-state index in [0.29, 0.717) is 24.5 Å². The van der Waals surface area contributed by atoms with Gasteiger partial charge < -0.3 is 10.1 Å². The molecule has 0 amide bonds. The van der Waals surface area contributed by atoms with Gasteiger partial charge in [0, 0.05) is 31.6 Å². The van der Waals surface area contributed by atoms with E-state index in [2.05, 4.69) is 24.1 Å². The van der Waals surface area contributed by atoms with E-state index in [1.165, 1.54) is 0 Å². The van der Waals surface area contributed by atoms with Crippen LogP contribution >= 0.6 is 0 Å². The van der Waals surface area contributed by atoms with E-state index in [4.69, 9.17) is 4.74 Å². The van der Waals surface area contributed by atoms with Gasteiger partial charge in [0.25, 0.3) is 0 Å². The van der Waals surface area contributed by atoms with Gasteiger partial charge in [-0.1, -0.05) is 27.7 Å². The second-order valence-corrected chi connectivity index (χ2v) is 6.08. The fourth-order valence-corrected chi connectivity index (χ4v) is 2.21. The number of carbonyl (C=O) groups is 1. The lowest BCUT2D eigenvalue weighted by Gasteiger charge is -2.31. The average Bonchev–Trinajstić information content (AvgIpc) is 2.36. The van der Waals surface area contributed by atoms with Gasteiger partial charge in [-0.25, -0.2) is 0 Å². The van der Waals surface area contributed by atoms with Crippen molar-refractivity contribution in [3.63, 3.8) is 0 Å². The number of carbonyl (C=O) groups excluding carboxylic acids is 1. The summed E-state index contributed by atoms with van der Waals surface area (Å²) in [7, 11) is 0. The van der Waals surface area contributed by atoms with Gasteiger partial charge in [-0.05, 0) is 12.8 Å². The highest BCUT2D eigenvalue weighted by Crippen LogP contribution is 2.14. The summed E-state index contributed by atoms with van der Waals surface area (Å²) in [5, 5.41) is 3.35. The molecule has 1 fully saturated rings. The van der Waals surface area contributed by atoms with E-state index in [-0.39, 0.29) is 5.92 Å². The summed E-state index contributed by atoms with van der Waals surface area (Å²) in [6.45, 7) is 12.5. The zero-order valence-electron chi connectivity index (χ0n) is 12.9. The molecule has 1 aliphatic heterocycles. The second kappa shape index (κ2) is 8.67. The van der Waals surface area contributed by atoms with Crippen LogP contribution in [0.15, 0.2) is 0 Å². The summed E-state index contributed by atoms with van der Waals surface area (Å²) < 4.78 is 5.86. The predicted octanol–water partition coefficient (Wildman–Crippen LogP) is 1.69. The van der Waals surface area contributed by atoms with Crippen LogP contribution in [0.4, 0.5) is 0 Å². The molecule has 0 spiro atoms. The molecule has 0 atom stereocenters. The van der Waals surface area contributed by atoms with Gasteiger partial charge in [-0.2, -0.15) is 0 Å². The molecule has 4 heteroatoms. The molecule has 112 valence electrons. The molecule has 0 aromatic heterocycles. The lowest BCUT2D eigenvalue weighted by molar-refractivity contribution is -0.123. The summed E-state index contributed by atoms with van der Waals surface area (Å²) in [5.74, 6) is 0.497. The third-order valence-corrected chi connectivity index (χ3v) is 3.57. The van der Waals surface area contributed by atoms with E-state index < -0.39 is 0 Å². The minimum absolute atomic E-state index is 0.149. The first-order valence-electron chi connectivity index (χ1n) is 7.59. The minimum Gasteiger partial charge on any atom is -0.377 e. The molecule has 0 unspecified atom stereocenters. The average molecular weight is 270 g/mol. The molecule has 1 aliphatic rings. The molecule has 0 aromatic rings. The van der Waals surface area contributed by atoms with Crippen molar-refractivity contribution in [1.29, 1.82) is 0 Å². The third-order valence-electron chi connectivity index (χ3n) is 3.57. The van der Waals surface area contributed by atoms with Crippen molar-refractivity contribution in [2.75, 3.05) is 32.8 Å². The highest BCUT2D eigenvalue weighted by molar-refractivity contribution is 5.82. The number of nitrogens with zero attached hydrogens (tertiary/aromatic N) is 1. The van der Waals surface area contributed by atoms with E-state index in [0.717, 1.165) is 39.1 Å². The van der Waals surface area contributed by atoms with Gasteiger partial charge >= 0.3 is 0 Å². The molecular formula is C15H30N2O2. The van der Waals surface area contributed by atoms with E-state index in [1.807, 2.05) is 13.8 Å². The molecule has 4 nitrogen and oxygen atoms in total. The Kier molecular flexibility index (Phi) is 7.57. The fourth-order valence-electron chi connectivity index (χ4n) is 2.21. The van der Waals surface area contributed by atoms with Crippen LogP contribution in [0.2, 0.25) is 0 Å². The number of likely N-dealkylation sites (tertiary alicyclic amines) is 1. The largest absolute Gasteiger partial charge is 0.377 e. The van der Waals surface area contributed by atoms with Crippen LogP contribution < -0.4 is 5.32 Å². The lowest BCUT2D eigenvalue weighted by Crippen LogP contribution is -2.41. The monoisotopic (exact) mass is 270 g/mol. The maximum absolute atomic E-state index is 11.7.